The van der Waals surface area contributed by atoms with Crippen LogP contribution < -0.4 is 15.4 Å². The fourth-order valence-corrected chi connectivity index (χ4v) is 2.43. The van der Waals surface area contributed by atoms with Crippen LogP contribution in [0.2, 0.25) is 0 Å². The highest BCUT2D eigenvalue weighted by molar-refractivity contribution is 6.02. The third kappa shape index (κ3) is 5.48. The summed E-state index contributed by atoms with van der Waals surface area (Å²) in [4.78, 5) is 24.5. The van der Waals surface area contributed by atoms with Gasteiger partial charge in [-0.05, 0) is 57.5 Å². The Morgan fingerprint density at radius 3 is 2.24 bits per heavy atom. The van der Waals surface area contributed by atoms with Crippen LogP contribution in [0.1, 0.15) is 45.0 Å². The lowest BCUT2D eigenvalue weighted by Gasteiger charge is -2.22. The molecule has 0 saturated heterocycles. The Morgan fingerprint density at radius 1 is 1.08 bits per heavy atom. The standard InChI is InChI=1S/C20H26N2O3/c1-13(2)21-18(23)12-25-17-11-15-9-7-6-8-14(15)10-16(17)19(24)22-20(3,4)5/h6-11,13H,12H2,1-5H3,(H,21,23)(H,22,24). The van der Waals surface area contributed by atoms with Gasteiger partial charge in [-0.2, -0.15) is 0 Å². The number of rotatable bonds is 5. The lowest BCUT2D eigenvalue weighted by molar-refractivity contribution is -0.123. The second-order valence-electron chi connectivity index (χ2n) is 7.41. The Labute approximate surface area is 148 Å². The molecule has 0 aromatic heterocycles. The van der Waals surface area contributed by atoms with Gasteiger partial charge in [-0.15, -0.1) is 0 Å². The summed E-state index contributed by atoms with van der Waals surface area (Å²) < 4.78 is 5.67. The normalized spacial score (nSPS) is 11.4. The van der Waals surface area contributed by atoms with Gasteiger partial charge in [-0.3, -0.25) is 9.59 Å². The molecule has 5 nitrogen and oxygen atoms in total. The minimum Gasteiger partial charge on any atom is -0.483 e. The van der Waals surface area contributed by atoms with E-state index in [1.54, 1.807) is 12.1 Å². The van der Waals surface area contributed by atoms with Gasteiger partial charge in [0.25, 0.3) is 11.8 Å². The zero-order valence-electron chi connectivity index (χ0n) is 15.5. The Morgan fingerprint density at radius 2 is 1.68 bits per heavy atom. The van der Waals surface area contributed by atoms with Crippen LogP contribution in [-0.2, 0) is 4.79 Å². The third-order valence-corrected chi connectivity index (χ3v) is 3.39. The van der Waals surface area contributed by atoms with Crippen LogP contribution in [0.4, 0.5) is 0 Å². The van der Waals surface area contributed by atoms with Crippen molar-refractivity contribution in [2.75, 3.05) is 6.61 Å². The summed E-state index contributed by atoms with van der Waals surface area (Å²) in [7, 11) is 0. The quantitative estimate of drug-likeness (QED) is 0.876. The van der Waals surface area contributed by atoms with Gasteiger partial charge >= 0.3 is 0 Å². The molecule has 5 heteroatoms. The van der Waals surface area contributed by atoms with Gasteiger partial charge in [0.1, 0.15) is 5.75 Å². The van der Waals surface area contributed by atoms with Crippen LogP contribution in [0, 0.1) is 0 Å². The average Bonchev–Trinajstić information content (AvgIpc) is 2.49. The first kappa shape index (κ1) is 18.8. The SMILES string of the molecule is CC(C)NC(=O)COc1cc2ccccc2cc1C(=O)NC(C)(C)C. The Bertz CT molecular complexity index is 776. The first-order valence-electron chi connectivity index (χ1n) is 8.43. The number of ether oxygens (including phenoxy) is 1. The third-order valence-electron chi connectivity index (χ3n) is 3.39. The van der Waals surface area contributed by atoms with E-state index in [4.69, 9.17) is 4.74 Å². The average molecular weight is 342 g/mol. The van der Waals surface area contributed by atoms with Crippen molar-refractivity contribution in [2.45, 2.75) is 46.2 Å². The van der Waals surface area contributed by atoms with Crippen LogP contribution in [0.5, 0.6) is 5.75 Å². The molecule has 0 saturated carbocycles. The van der Waals surface area contributed by atoms with E-state index in [2.05, 4.69) is 10.6 Å². The molecule has 25 heavy (non-hydrogen) atoms. The van der Waals surface area contributed by atoms with Gasteiger partial charge in [0, 0.05) is 11.6 Å². The molecular formula is C20H26N2O3. The van der Waals surface area contributed by atoms with E-state index in [1.165, 1.54) is 0 Å². The molecule has 2 aromatic carbocycles. The molecule has 2 amide bonds. The minimum atomic E-state index is -0.366. The van der Waals surface area contributed by atoms with Crippen molar-refractivity contribution in [3.05, 3.63) is 42.0 Å². The Kier molecular flexibility index (Phi) is 5.67. The summed E-state index contributed by atoms with van der Waals surface area (Å²) in [6.45, 7) is 9.40. The number of fused-ring (bicyclic) bond motifs is 1. The molecule has 0 aliphatic rings. The van der Waals surface area contributed by atoms with Crippen molar-refractivity contribution < 1.29 is 14.3 Å². The molecule has 0 heterocycles. The number of hydrogen-bond acceptors (Lipinski definition) is 3. The van der Waals surface area contributed by atoms with Gasteiger partial charge in [0.15, 0.2) is 6.61 Å². The summed E-state index contributed by atoms with van der Waals surface area (Å²) in [5, 5.41) is 7.61. The summed E-state index contributed by atoms with van der Waals surface area (Å²) in [5.41, 5.74) is 0.0561. The van der Waals surface area contributed by atoms with Gasteiger partial charge in [0.2, 0.25) is 0 Å². The van der Waals surface area contributed by atoms with E-state index >= 15 is 0 Å². The largest absolute Gasteiger partial charge is 0.483 e. The number of carbonyl (C=O) groups excluding carboxylic acids is 2. The molecule has 0 fully saturated rings. The van der Waals surface area contributed by atoms with Crippen LogP contribution in [-0.4, -0.2) is 30.0 Å². The smallest absolute Gasteiger partial charge is 0.258 e. The van der Waals surface area contributed by atoms with E-state index in [0.717, 1.165) is 10.8 Å². The van der Waals surface area contributed by atoms with Gasteiger partial charge in [-0.1, -0.05) is 24.3 Å². The summed E-state index contributed by atoms with van der Waals surface area (Å²) in [6, 6.07) is 11.4. The summed E-state index contributed by atoms with van der Waals surface area (Å²) in [6.07, 6.45) is 0. The molecule has 2 N–H and O–H groups in total. The molecule has 2 aromatic rings. The van der Waals surface area contributed by atoms with E-state index in [1.807, 2.05) is 58.9 Å². The van der Waals surface area contributed by atoms with Crippen LogP contribution in [0.3, 0.4) is 0 Å². The van der Waals surface area contributed by atoms with E-state index in [-0.39, 0.29) is 30.0 Å². The maximum atomic E-state index is 12.7. The fourth-order valence-electron chi connectivity index (χ4n) is 2.43. The molecule has 0 unspecified atom stereocenters. The summed E-state index contributed by atoms with van der Waals surface area (Å²) in [5.74, 6) is -0.0396. The molecule has 0 aliphatic heterocycles. The highest BCUT2D eigenvalue weighted by Gasteiger charge is 2.20. The van der Waals surface area contributed by atoms with E-state index in [9.17, 15) is 9.59 Å². The highest BCUT2D eigenvalue weighted by Crippen LogP contribution is 2.26. The Hall–Kier alpha value is -2.56. The molecule has 0 aliphatic carbocycles. The van der Waals surface area contributed by atoms with Crippen molar-refractivity contribution in [3.63, 3.8) is 0 Å². The van der Waals surface area contributed by atoms with Gasteiger partial charge < -0.3 is 15.4 Å². The number of nitrogens with one attached hydrogen (secondary N) is 2. The predicted octanol–water partition coefficient (Wildman–Crippen LogP) is 3.27. The second-order valence-corrected chi connectivity index (χ2v) is 7.41. The van der Waals surface area contributed by atoms with Crippen molar-refractivity contribution in [1.82, 2.24) is 10.6 Å². The van der Waals surface area contributed by atoms with Gasteiger partial charge in [-0.25, -0.2) is 0 Å². The first-order valence-corrected chi connectivity index (χ1v) is 8.43. The zero-order chi connectivity index (χ0) is 18.6. The lowest BCUT2D eigenvalue weighted by atomic mass is 10.0. The zero-order valence-corrected chi connectivity index (χ0v) is 15.5. The highest BCUT2D eigenvalue weighted by atomic mass is 16.5. The van der Waals surface area contributed by atoms with Crippen molar-refractivity contribution >= 4 is 22.6 Å². The molecule has 0 atom stereocenters. The number of hydrogen-bond donors (Lipinski definition) is 2. The minimum absolute atomic E-state index is 0.0383. The van der Waals surface area contributed by atoms with E-state index in [0.29, 0.717) is 11.3 Å². The fraction of sp³-hybridized carbons (Fsp3) is 0.400. The monoisotopic (exact) mass is 342 g/mol. The van der Waals surface area contributed by atoms with Crippen molar-refractivity contribution in [2.24, 2.45) is 0 Å². The topological polar surface area (TPSA) is 67.4 Å². The van der Waals surface area contributed by atoms with Crippen LogP contribution in [0.25, 0.3) is 10.8 Å². The molecule has 2 rings (SSSR count). The summed E-state index contributed by atoms with van der Waals surface area (Å²) >= 11 is 0. The maximum absolute atomic E-state index is 12.7. The molecule has 0 spiro atoms. The number of benzene rings is 2. The molecule has 0 bridgehead atoms. The van der Waals surface area contributed by atoms with Crippen LogP contribution >= 0.6 is 0 Å². The Balaban J connectivity index is 2.33. The van der Waals surface area contributed by atoms with Crippen molar-refractivity contribution in [3.8, 4) is 5.75 Å². The number of carbonyl (C=O) groups is 2. The van der Waals surface area contributed by atoms with Crippen molar-refractivity contribution in [1.29, 1.82) is 0 Å². The predicted molar refractivity (Wildman–Crippen MR) is 99.9 cm³/mol. The second kappa shape index (κ2) is 7.55. The van der Waals surface area contributed by atoms with E-state index < -0.39 is 0 Å². The lowest BCUT2D eigenvalue weighted by Crippen LogP contribution is -2.40. The van der Waals surface area contributed by atoms with Gasteiger partial charge in [0.05, 0.1) is 5.56 Å². The maximum Gasteiger partial charge on any atom is 0.258 e. The van der Waals surface area contributed by atoms with Crippen LogP contribution in [0.15, 0.2) is 36.4 Å². The number of amides is 2. The first-order chi connectivity index (χ1) is 11.7. The molecule has 134 valence electrons. The molecule has 0 radical (unpaired) electrons. The molecular weight excluding hydrogens is 316 g/mol.